The summed E-state index contributed by atoms with van der Waals surface area (Å²) in [5.74, 6) is 0.0648. The summed E-state index contributed by atoms with van der Waals surface area (Å²) in [6.45, 7) is 7.87. The highest BCUT2D eigenvalue weighted by Gasteiger charge is 2.43. The highest BCUT2D eigenvalue weighted by molar-refractivity contribution is 7.84. The molecule has 1 aliphatic carbocycles. The Morgan fingerprint density at radius 2 is 1.96 bits per heavy atom. The first kappa shape index (κ1) is 34.5. The zero-order valence-electron chi connectivity index (χ0n) is 27.6. The number of benzene rings is 2. The molecule has 0 saturated heterocycles. The van der Waals surface area contributed by atoms with Crippen LogP contribution in [0.1, 0.15) is 73.9 Å². The molecule has 1 saturated carbocycles. The van der Waals surface area contributed by atoms with E-state index in [9.17, 15) is 18.9 Å². The molecule has 46 heavy (non-hydrogen) atoms. The molecule has 8 unspecified atom stereocenters. The van der Waals surface area contributed by atoms with Crippen LogP contribution in [0.4, 0.5) is 5.69 Å². The number of aryl methyl sites for hydroxylation is 1. The maximum Gasteiger partial charge on any atom is 0.263 e. The van der Waals surface area contributed by atoms with Crippen LogP contribution in [-0.2, 0) is 22.2 Å². The van der Waals surface area contributed by atoms with Gasteiger partial charge in [0, 0.05) is 49.6 Å². The number of anilines is 1. The van der Waals surface area contributed by atoms with E-state index in [4.69, 9.17) is 16.3 Å². The highest BCUT2D eigenvalue weighted by atomic mass is 35.5. The molecular formula is C36H48ClN3O5S. The van der Waals surface area contributed by atoms with Crippen molar-refractivity contribution in [1.29, 1.82) is 0 Å². The molecule has 3 aliphatic rings. The fraction of sp³-hybridized carbons (Fsp3) is 0.556. The van der Waals surface area contributed by atoms with Crippen molar-refractivity contribution in [3.8, 4) is 5.75 Å². The molecule has 2 aromatic carbocycles. The number of hydrogen-bond donors (Lipinski definition) is 2. The van der Waals surface area contributed by atoms with Gasteiger partial charge in [0.1, 0.15) is 22.8 Å². The lowest BCUT2D eigenvalue weighted by Gasteiger charge is -2.45. The third-order valence-corrected chi connectivity index (χ3v) is 12.0. The zero-order chi connectivity index (χ0) is 33.1. The van der Waals surface area contributed by atoms with Crippen molar-refractivity contribution in [1.82, 2.24) is 9.62 Å². The average molecular weight is 670 g/mol. The molecule has 0 radical (unpaired) electrons. The Hall–Kier alpha value is -2.88. The number of nitrogens with zero attached hydrogens (tertiary/aromatic N) is 2. The van der Waals surface area contributed by atoms with Gasteiger partial charge in [-0.05, 0) is 91.8 Å². The van der Waals surface area contributed by atoms with E-state index < -0.39 is 17.1 Å². The summed E-state index contributed by atoms with van der Waals surface area (Å²) < 4.78 is 22.4. The molecular weight excluding hydrogens is 622 g/mol. The zero-order valence-corrected chi connectivity index (χ0v) is 29.2. The number of nitrogens with one attached hydrogen (secondary N) is 1. The molecule has 2 aromatic rings. The van der Waals surface area contributed by atoms with Crippen molar-refractivity contribution in [3.63, 3.8) is 0 Å². The summed E-state index contributed by atoms with van der Waals surface area (Å²) in [7, 11) is 1.74. The van der Waals surface area contributed by atoms with Crippen LogP contribution in [0, 0.1) is 23.7 Å². The molecule has 2 amide bonds. The number of carbonyl (C=O) groups is 2. The van der Waals surface area contributed by atoms with Crippen molar-refractivity contribution in [3.05, 3.63) is 70.3 Å². The SMILES string of the molecule is CCCc1cc(Cl)ccc1C1COc2ccc3cc2N(C1)CC1CCC1C(C(O)C(=O)N(C)C)/C=C/CC(C)C(C)S(=O)NC3=O. The number of rotatable bonds is 5. The largest absolute Gasteiger partial charge is 0.491 e. The van der Waals surface area contributed by atoms with Gasteiger partial charge >= 0.3 is 0 Å². The van der Waals surface area contributed by atoms with Crippen molar-refractivity contribution in [2.45, 2.75) is 70.1 Å². The molecule has 2 N–H and O–H groups in total. The number of amides is 2. The second-order valence-corrected chi connectivity index (χ2v) is 15.5. The summed E-state index contributed by atoms with van der Waals surface area (Å²) in [5.41, 5.74) is 3.68. The summed E-state index contributed by atoms with van der Waals surface area (Å²) in [6.07, 6.45) is 7.28. The predicted octanol–water partition coefficient (Wildman–Crippen LogP) is 5.74. The Balaban J connectivity index is 1.56. The molecule has 250 valence electrons. The van der Waals surface area contributed by atoms with Gasteiger partial charge in [-0.15, -0.1) is 0 Å². The molecule has 8 nitrogen and oxygen atoms in total. The van der Waals surface area contributed by atoms with E-state index in [1.54, 1.807) is 20.2 Å². The van der Waals surface area contributed by atoms with Gasteiger partial charge < -0.3 is 19.6 Å². The van der Waals surface area contributed by atoms with Gasteiger partial charge in [0.2, 0.25) is 0 Å². The van der Waals surface area contributed by atoms with Gasteiger partial charge in [0.05, 0.1) is 17.5 Å². The number of fused-ring (bicyclic) bond motifs is 2. The van der Waals surface area contributed by atoms with Gasteiger partial charge in [0.15, 0.2) is 0 Å². The Labute approximate surface area is 281 Å². The molecule has 2 bridgehead atoms. The highest BCUT2D eigenvalue weighted by Crippen LogP contribution is 2.45. The molecule has 8 atom stereocenters. The second-order valence-electron chi connectivity index (χ2n) is 13.5. The van der Waals surface area contributed by atoms with E-state index in [1.165, 1.54) is 16.0 Å². The van der Waals surface area contributed by atoms with Crippen molar-refractivity contribution in [2.75, 3.05) is 38.7 Å². The topological polar surface area (TPSA) is 99.2 Å². The van der Waals surface area contributed by atoms with E-state index in [-0.39, 0.29) is 46.7 Å². The molecule has 0 aromatic heterocycles. The Morgan fingerprint density at radius 3 is 2.65 bits per heavy atom. The smallest absolute Gasteiger partial charge is 0.263 e. The number of aliphatic hydroxyl groups is 1. The van der Waals surface area contributed by atoms with E-state index in [2.05, 4.69) is 28.7 Å². The number of halogens is 1. The van der Waals surface area contributed by atoms with Crippen LogP contribution < -0.4 is 14.4 Å². The molecule has 0 spiro atoms. The Bertz CT molecular complexity index is 1480. The minimum absolute atomic E-state index is 0.00292. The van der Waals surface area contributed by atoms with Crippen LogP contribution in [0.15, 0.2) is 48.6 Å². The first-order chi connectivity index (χ1) is 22.0. The van der Waals surface area contributed by atoms with Gasteiger partial charge in [-0.1, -0.05) is 50.1 Å². The molecule has 1 fully saturated rings. The average Bonchev–Trinajstić information content (AvgIpc) is 3.20. The Kier molecular flexibility index (Phi) is 11.2. The van der Waals surface area contributed by atoms with Gasteiger partial charge in [-0.3, -0.25) is 14.3 Å². The maximum atomic E-state index is 13.4. The lowest BCUT2D eigenvalue weighted by molar-refractivity contribution is -0.141. The number of hydrogen-bond acceptors (Lipinski definition) is 6. The van der Waals surface area contributed by atoms with Crippen molar-refractivity contribution >= 4 is 40.1 Å². The fourth-order valence-electron chi connectivity index (χ4n) is 7.07. The molecule has 2 heterocycles. The van der Waals surface area contributed by atoms with Gasteiger partial charge in [0.25, 0.3) is 11.8 Å². The summed E-state index contributed by atoms with van der Waals surface area (Å²) in [4.78, 5) is 30.2. The van der Waals surface area contributed by atoms with E-state index in [0.717, 1.165) is 31.4 Å². The lowest BCUT2D eigenvalue weighted by atomic mass is 9.65. The number of carbonyl (C=O) groups excluding carboxylic acids is 2. The quantitative estimate of drug-likeness (QED) is 0.394. The van der Waals surface area contributed by atoms with E-state index >= 15 is 0 Å². The van der Waals surface area contributed by atoms with Gasteiger partial charge in [-0.25, -0.2) is 4.21 Å². The first-order valence-corrected chi connectivity index (χ1v) is 18.1. The monoisotopic (exact) mass is 669 g/mol. The van der Waals surface area contributed by atoms with E-state index in [1.807, 2.05) is 44.2 Å². The second kappa shape index (κ2) is 14.9. The van der Waals surface area contributed by atoms with Crippen LogP contribution in [0.2, 0.25) is 5.02 Å². The van der Waals surface area contributed by atoms with Crippen LogP contribution in [0.25, 0.3) is 0 Å². The Morgan fingerprint density at radius 1 is 1.17 bits per heavy atom. The number of ether oxygens (including phenoxy) is 1. The normalized spacial score (nSPS) is 29.7. The minimum atomic E-state index is -1.60. The van der Waals surface area contributed by atoms with Crippen LogP contribution in [0.5, 0.6) is 5.75 Å². The van der Waals surface area contributed by atoms with E-state index in [0.29, 0.717) is 42.5 Å². The lowest BCUT2D eigenvalue weighted by Crippen LogP contribution is -2.48. The first-order valence-electron chi connectivity index (χ1n) is 16.6. The molecule has 10 heteroatoms. The third kappa shape index (κ3) is 7.47. The summed E-state index contributed by atoms with van der Waals surface area (Å²) >= 11 is 6.42. The minimum Gasteiger partial charge on any atom is -0.491 e. The van der Waals surface area contributed by atoms with Crippen molar-refractivity contribution in [2.24, 2.45) is 23.7 Å². The van der Waals surface area contributed by atoms with Crippen LogP contribution in [0.3, 0.4) is 0 Å². The van der Waals surface area contributed by atoms with Crippen LogP contribution >= 0.6 is 11.6 Å². The molecule has 5 rings (SSSR count). The summed E-state index contributed by atoms with van der Waals surface area (Å²) in [5, 5.41) is 11.8. The molecule has 2 aliphatic heterocycles. The standard InChI is InChI=1S/C36H48ClN3O5S/c1-6-8-24-17-28(37)13-15-29(24)27-20-40-19-26-11-14-30(26)31(34(41)36(43)39(4)5)10-7-9-22(2)23(3)46(44)38-35(42)25-12-16-33(45-21-27)32(40)18-25/h7,10,12-13,15-18,22-23,26-27,30-31,34,41H,6,8-9,11,14,19-21H2,1-5H3,(H,38,42)/b10-7+. The predicted molar refractivity (Wildman–Crippen MR) is 185 cm³/mol. The van der Waals surface area contributed by atoms with Crippen LogP contribution in [-0.4, -0.2) is 71.2 Å². The maximum absolute atomic E-state index is 13.4. The number of allylic oxidation sites excluding steroid dienone is 1. The fourth-order valence-corrected chi connectivity index (χ4v) is 8.29. The van der Waals surface area contributed by atoms with Gasteiger partial charge in [-0.2, -0.15) is 0 Å². The number of likely N-dealkylation sites (N-methyl/N-ethyl adjacent to an activating group) is 1. The number of aliphatic hydroxyl groups excluding tert-OH is 1. The third-order valence-electron chi connectivity index (χ3n) is 10.2. The van der Waals surface area contributed by atoms with Crippen molar-refractivity contribution < 1.29 is 23.6 Å². The summed E-state index contributed by atoms with van der Waals surface area (Å²) in [6, 6.07) is 11.5.